The summed E-state index contributed by atoms with van der Waals surface area (Å²) in [6.07, 6.45) is 11.6. The number of hydrogen-bond acceptors (Lipinski definition) is 1. The van der Waals surface area contributed by atoms with Gasteiger partial charge in [0.2, 0.25) is 0 Å². The minimum absolute atomic E-state index is 0.292. The topological polar surface area (TPSA) is 17.1 Å². The Bertz CT molecular complexity index is 242. The van der Waals surface area contributed by atoms with Crippen molar-refractivity contribution in [1.82, 2.24) is 0 Å². The van der Waals surface area contributed by atoms with Crippen LogP contribution in [0, 0.1) is 17.8 Å². The Hall–Kier alpha value is -0.590. The van der Waals surface area contributed by atoms with Crippen molar-refractivity contribution in [3.05, 3.63) is 12.2 Å². The van der Waals surface area contributed by atoms with Crippen LogP contribution in [0.15, 0.2) is 12.2 Å². The van der Waals surface area contributed by atoms with Gasteiger partial charge in [-0.25, -0.2) is 0 Å². The van der Waals surface area contributed by atoms with E-state index in [-0.39, 0.29) is 0 Å². The van der Waals surface area contributed by atoms with Crippen LogP contribution in [-0.2, 0) is 4.79 Å². The molecule has 3 atom stereocenters. The molecule has 0 heterocycles. The van der Waals surface area contributed by atoms with Gasteiger partial charge in [0.05, 0.1) is 0 Å². The Kier molecular flexibility index (Phi) is 3.05. The van der Waals surface area contributed by atoms with Crippen LogP contribution in [0.1, 0.15) is 45.4 Å². The van der Waals surface area contributed by atoms with Gasteiger partial charge < -0.3 is 0 Å². The van der Waals surface area contributed by atoms with Gasteiger partial charge in [0.1, 0.15) is 5.78 Å². The molecule has 14 heavy (non-hydrogen) atoms. The van der Waals surface area contributed by atoms with E-state index in [0.29, 0.717) is 17.6 Å². The number of carbonyl (C=O) groups is 1. The van der Waals surface area contributed by atoms with E-state index < -0.39 is 0 Å². The maximum absolute atomic E-state index is 11.9. The van der Waals surface area contributed by atoms with Crippen LogP contribution in [0.4, 0.5) is 0 Å². The van der Waals surface area contributed by atoms with E-state index in [0.717, 1.165) is 25.2 Å². The predicted octanol–water partition coefficient (Wildman–Crippen LogP) is 3.35. The van der Waals surface area contributed by atoms with Crippen LogP contribution in [0.25, 0.3) is 0 Å². The largest absolute Gasteiger partial charge is 0.299 e. The van der Waals surface area contributed by atoms with Crippen molar-refractivity contribution in [2.75, 3.05) is 0 Å². The van der Waals surface area contributed by atoms with Crippen LogP contribution >= 0.6 is 0 Å². The number of Topliss-reactive ketones (excluding diaryl/α,β-unsaturated/α-hetero) is 1. The Morgan fingerprint density at radius 1 is 1.29 bits per heavy atom. The Morgan fingerprint density at radius 3 is 2.93 bits per heavy atom. The van der Waals surface area contributed by atoms with E-state index in [1.165, 1.54) is 19.3 Å². The average molecular weight is 192 g/mol. The molecule has 0 aliphatic heterocycles. The second kappa shape index (κ2) is 4.29. The quantitative estimate of drug-likeness (QED) is 0.493. The summed E-state index contributed by atoms with van der Waals surface area (Å²) in [7, 11) is 0. The van der Waals surface area contributed by atoms with Crippen LogP contribution in [-0.4, -0.2) is 5.78 Å². The van der Waals surface area contributed by atoms with Crippen LogP contribution < -0.4 is 0 Å². The molecule has 0 saturated heterocycles. The van der Waals surface area contributed by atoms with Crippen molar-refractivity contribution >= 4 is 5.78 Å². The highest BCUT2D eigenvalue weighted by Gasteiger charge is 2.36. The van der Waals surface area contributed by atoms with Gasteiger partial charge in [-0.1, -0.05) is 38.3 Å². The Morgan fingerprint density at radius 2 is 2.14 bits per heavy atom. The molecule has 1 fully saturated rings. The summed E-state index contributed by atoms with van der Waals surface area (Å²) < 4.78 is 0. The molecule has 0 spiro atoms. The van der Waals surface area contributed by atoms with E-state index >= 15 is 0 Å². The number of carbonyl (C=O) groups excluding carboxylic acids is 1. The first-order chi connectivity index (χ1) is 6.81. The number of hydrogen-bond donors (Lipinski definition) is 0. The van der Waals surface area contributed by atoms with E-state index in [9.17, 15) is 4.79 Å². The summed E-state index contributed by atoms with van der Waals surface area (Å²) >= 11 is 0. The standard InChI is InChI=1S/C13H20O/c1-2-3-4-5-11-8-10-6-7-12(9-10)13(11)14/h6-7,10-12H,2-5,8-9H2,1H3. The van der Waals surface area contributed by atoms with Gasteiger partial charge >= 0.3 is 0 Å². The van der Waals surface area contributed by atoms with Gasteiger partial charge in [0.15, 0.2) is 0 Å². The maximum atomic E-state index is 11.9. The Balaban J connectivity index is 1.85. The molecule has 0 aromatic carbocycles. The monoisotopic (exact) mass is 192 g/mol. The first-order valence-electron chi connectivity index (χ1n) is 6.03. The molecule has 2 aliphatic rings. The smallest absolute Gasteiger partial charge is 0.142 e. The normalized spacial score (nSPS) is 35.2. The highest BCUT2D eigenvalue weighted by atomic mass is 16.1. The molecule has 0 radical (unpaired) electrons. The number of unbranched alkanes of at least 4 members (excludes halogenated alkanes) is 2. The van der Waals surface area contributed by atoms with E-state index in [4.69, 9.17) is 0 Å². The highest BCUT2D eigenvalue weighted by Crippen LogP contribution is 2.39. The zero-order valence-electron chi connectivity index (χ0n) is 9.04. The molecule has 0 amide bonds. The summed E-state index contributed by atoms with van der Waals surface area (Å²) in [5.74, 6) is 1.94. The molecule has 3 unspecified atom stereocenters. The van der Waals surface area contributed by atoms with E-state index in [2.05, 4.69) is 19.1 Å². The zero-order chi connectivity index (χ0) is 9.97. The summed E-state index contributed by atoms with van der Waals surface area (Å²) in [5.41, 5.74) is 0. The van der Waals surface area contributed by atoms with E-state index in [1.807, 2.05) is 0 Å². The van der Waals surface area contributed by atoms with Gasteiger partial charge in [0.25, 0.3) is 0 Å². The van der Waals surface area contributed by atoms with Crippen molar-refractivity contribution in [3.8, 4) is 0 Å². The minimum Gasteiger partial charge on any atom is -0.299 e. The van der Waals surface area contributed by atoms with Crippen molar-refractivity contribution in [1.29, 1.82) is 0 Å². The molecule has 0 N–H and O–H groups in total. The molecule has 0 aromatic rings. The number of ketones is 1. The average Bonchev–Trinajstić information content (AvgIpc) is 2.58. The molecule has 2 rings (SSSR count). The SMILES string of the molecule is CCCCCC1CC2C=CC(C2)C1=O. The van der Waals surface area contributed by atoms with Crippen molar-refractivity contribution in [3.63, 3.8) is 0 Å². The lowest BCUT2D eigenvalue weighted by atomic mass is 9.77. The lowest BCUT2D eigenvalue weighted by Crippen LogP contribution is -2.28. The molecule has 0 aromatic heterocycles. The fourth-order valence-corrected chi connectivity index (χ4v) is 2.85. The summed E-state index contributed by atoms with van der Waals surface area (Å²) in [6, 6.07) is 0. The third-order valence-corrected chi connectivity index (χ3v) is 3.68. The van der Waals surface area contributed by atoms with Crippen molar-refractivity contribution < 1.29 is 4.79 Å². The van der Waals surface area contributed by atoms with Crippen LogP contribution in [0.5, 0.6) is 0 Å². The van der Waals surface area contributed by atoms with Gasteiger partial charge in [-0.05, 0) is 25.2 Å². The van der Waals surface area contributed by atoms with E-state index in [1.54, 1.807) is 0 Å². The molecule has 78 valence electrons. The number of allylic oxidation sites excluding steroid dienone is 2. The fourth-order valence-electron chi connectivity index (χ4n) is 2.85. The molecule has 2 aliphatic carbocycles. The number of fused-ring (bicyclic) bond motifs is 2. The molecule has 1 saturated carbocycles. The van der Waals surface area contributed by atoms with Crippen LogP contribution in [0.2, 0.25) is 0 Å². The van der Waals surface area contributed by atoms with Gasteiger partial charge in [-0.15, -0.1) is 0 Å². The first-order valence-corrected chi connectivity index (χ1v) is 6.03. The molecule has 1 nitrogen and oxygen atoms in total. The summed E-state index contributed by atoms with van der Waals surface area (Å²) in [5, 5.41) is 0. The van der Waals surface area contributed by atoms with Gasteiger partial charge in [-0.3, -0.25) is 4.79 Å². The van der Waals surface area contributed by atoms with Crippen molar-refractivity contribution in [2.24, 2.45) is 17.8 Å². The van der Waals surface area contributed by atoms with Gasteiger partial charge in [-0.2, -0.15) is 0 Å². The first kappa shape index (κ1) is 9.95. The second-order valence-electron chi connectivity index (χ2n) is 4.82. The number of rotatable bonds is 4. The summed E-state index contributed by atoms with van der Waals surface area (Å²) in [6.45, 7) is 2.22. The Labute approximate surface area is 86.6 Å². The van der Waals surface area contributed by atoms with Gasteiger partial charge in [0, 0.05) is 11.8 Å². The third kappa shape index (κ3) is 1.92. The highest BCUT2D eigenvalue weighted by molar-refractivity contribution is 5.86. The fraction of sp³-hybridized carbons (Fsp3) is 0.769. The minimum atomic E-state index is 0.292. The third-order valence-electron chi connectivity index (χ3n) is 3.68. The maximum Gasteiger partial charge on any atom is 0.142 e. The molecular formula is C13H20O. The lowest BCUT2D eigenvalue weighted by molar-refractivity contribution is -0.128. The predicted molar refractivity (Wildman–Crippen MR) is 58.0 cm³/mol. The molecule has 1 heteroatoms. The van der Waals surface area contributed by atoms with Crippen LogP contribution in [0.3, 0.4) is 0 Å². The lowest BCUT2D eigenvalue weighted by Gasteiger charge is -2.26. The summed E-state index contributed by atoms with van der Waals surface area (Å²) in [4.78, 5) is 11.9. The second-order valence-corrected chi connectivity index (χ2v) is 4.82. The van der Waals surface area contributed by atoms with Crippen molar-refractivity contribution in [2.45, 2.75) is 45.4 Å². The zero-order valence-corrected chi connectivity index (χ0v) is 9.04. The molecular weight excluding hydrogens is 172 g/mol. The molecule has 2 bridgehead atoms.